The Morgan fingerprint density at radius 2 is 2.14 bits per heavy atom. The van der Waals surface area contributed by atoms with E-state index >= 15 is 0 Å². The van der Waals surface area contributed by atoms with Crippen molar-refractivity contribution in [2.75, 3.05) is 11.4 Å². The van der Waals surface area contributed by atoms with Crippen LogP contribution in [0.1, 0.15) is 24.0 Å². The average Bonchev–Trinajstić information content (AvgIpc) is 2.75. The average molecular weight is 320 g/mol. The molecule has 22 heavy (non-hydrogen) atoms. The number of carbonyl (C=O) groups is 2. The van der Waals surface area contributed by atoms with Gasteiger partial charge in [0.1, 0.15) is 12.1 Å². The Labute approximate surface area is 132 Å². The molecule has 0 spiro atoms. The first-order chi connectivity index (χ1) is 10.5. The topological polar surface area (TPSA) is 84.6 Å². The van der Waals surface area contributed by atoms with Crippen LogP contribution in [0.3, 0.4) is 0 Å². The quantitative estimate of drug-likeness (QED) is 0.800. The van der Waals surface area contributed by atoms with Gasteiger partial charge in [-0.15, -0.1) is 0 Å². The lowest BCUT2D eigenvalue weighted by Crippen LogP contribution is -2.48. The normalized spacial score (nSPS) is 24.5. The molecule has 3 amide bonds. The number of hydrogen-bond acceptors (Lipinski definition) is 4. The van der Waals surface area contributed by atoms with Crippen LogP contribution in [0.5, 0.6) is 0 Å². The van der Waals surface area contributed by atoms with Crippen molar-refractivity contribution in [1.82, 2.24) is 4.90 Å². The number of nitriles is 1. The van der Waals surface area contributed by atoms with E-state index in [0.717, 1.165) is 4.90 Å². The van der Waals surface area contributed by atoms with E-state index in [9.17, 15) is 14.7 Å². The number of carbonyl (C=O) groups excluding carboxylic acids is 2. The molecule has 2 saturated heterocycles. The minimum absolute atomic E-state index is 0.228. The highest BCUT2D eigenvalue weighted by Gasteiger charge is 2.50. The standard InChI is InChI=1S/C15H14ClN3O3/c1-8-10(5-4-9(7-17)12(8)16)19-14(21)13-11(20)3-2-6-18(13)15(19)22/h4-5,11,13,20H,2-3,6H2,1H3/t11?,13-/m0/s1. The van der Waals surface area contributed by atoms with Gasteiger partial charge in [0.2, 0.25) is 0 Å². The largest absolute Gasteiger partial charge is 0.390 e. The van der Waals surface area contributed by atoms with Crippen LogP contribution >= 0.6 is 11.6 Å². The Morgan fingerprint density at radius 1 is 1.41 bits per heavy atom. The van der Waals surface area contributed by atoms with Crippen LogP contribution in [0.15, 0.2) is 12.1 Å². The van der Waals surface area contributed by atoms with E-state index in [1.54, 1.807) is 13.0 Å². The summed E-state index contributed by atoms with van der Waals surface area (Å²) in [6.07, 6.45) is 0.322. The molecule has 1 aromatic carbocycles. The van der Waals surface area contributed by atoms with Crippen molar-refractivity contribution in [2.24, 2.45) is 0 Å². The molecule has 1 unspecified atom stereocenters. The molecule has 2 heterocycles. The molecular formula is C15H14ClN3O3. The molecule has 0 saturated carbocycles. The summed E-state index contributed by atoms with van der Waals surface area (Å²) in [5, 5.41) is 19.2. The highest BCUT2D eigenvalue weighted by molar-refractivity contribution is 6.33. The van der Waals surface area contributed by atoms with Gasteiger partial charge in [-0.25, -0.2) is 9.69 Å². The SMILES string of the molecule is Cc1c(N2C(=O)[C@@H]3C(O)CCCN3C2=O)ccc(C#N)c1Cl. The number of rotatable bonds is 1. The van der Waals surface area contributed by atoms with Crippen LogP contribution in [0.25, 0.3) is 0 Å². The van der Waals surface area contributed by atoms with Gasteiger partial charge in [0, 0.05) is 6.54 Å². The second-order valence-corrected chi connectivity index (χ2v) is 5.87. The van der Waals surface area contributed by atoms with Crippen molar-refractivity contribution in [2.45, 2.75) is 31.9 Å². The van der Waals surface area contributed by atoms with Crippen molar-refractivity contribution in [3.63, 3.8) is 0 Å². The third-order valence-corrected chi connectivity index (χ3v) is 4.72. The Kier molecular flexibility index (Phi) is 3.55. The summed E-state index contributed by atoms with van der Waals surface area (Å²) in [7, 11) is 0. The van der Waals surface area contributed by atoms with Crippen LogP contribution in [-0.2, 0) is 4.79 Å². The number of halogens is 1. The molecule has 0 aromatic heterocycles. The summed E-state index contributed by atoms with van der Waals surface area (Å²) in [6, 6.07) is 3.72. The van der Waals surface area contributed by atoms with Gasteiger partial charge in [-0.1, -0.05) is 11.6 Å². The molecule has 6 nitrogen and oxygen atoms in total. The zero-order valence-electron chi connectivity index (χ0n) is 11.9. The van der Waals surface area contributed by atoms with Gasteiger partial charge >= 0.3 is 6.03 Å². The number of imide groups is 1. The zero-order valence-corrected chi connectivity index (χ0v) is 12.7. The second-order valence-electron chi connectivity index (χ2n) is 5.49. The number of aliphatic hydroxyl groups excluding tert-OH is 1. The monoisotopic (exact) mass is 319 g/mol. The Balaban J connectivity index is 2.06. The molecule has 2 fully saturated rings. The summed E-state index contributed by atoms with van der Waals surface area (Å²) in [6.45, 7) is 2.11. The van der Waals surface area contributed by atoms with E-state index in [1.807, 2.05) is 6.07 Å². The van der Waals surface area contributed by atoms with Crippen molar-refractivity contribution in [3.05, 3.63) is 28.3 Å². The smallest absolute Gasteiger partial charge is 0.332 e. The van der Waals surface area contributed by atoms with Gasteiger partial charge in [0.05, 0.1) is 22.4 Å². The fraction of sp³-hybridized carbons (Fsp3) is 0.400. The number of amides is 3. The van der Waals surface area contributed by atoms with Gasteiger partial charge < -0.3 is 10.0 Å². The van der Waals surface area contributed by atoms with Crippen molar-refractivity contribution >= 4 is 29.2 Å². The molecule has 0 aliphatic carbocycles. The Bertz CT molecular complexity index is 713. The van der Waals surface area contributed by atoms with E-state index in [4.69, 9.17) is 16.9 Å². The summed E-state index contributed by atoms with van der Waals surface area (Å²) in [5.74, 6) is -0.443. The maximum absolute atomic E-state index is 12.6. The minimum atomic E-state index is -0.843. The number of fused-ring (bicyclic) bond motifs is 1. The first kappa shape index (κ1) is 14.8. The zero-order chi connectivity index (χ0) is 16.0. The van der Waals surface area contributed by atoms with Gasteiger partial charge in [0.25, 0.3) is 5.91 Å². The third kappa shape index (κ3) is 1.97. The van der Waals surface area contributed by atoms with E-state index in [2.05, 4.69) is 0 Å². The van der Waals surface area contributed by atoms with E-state index in [0.29, 0.717) is 36.2 Å². The van der Waals surface area contributed by atoms with Crippen LogP contribution in [-0.4, -0.2) is 40.6 Å². The fourth-order valence-electron chi connectivity index (χ4n) is 3.07. The number of urea groups is 1. The number of aliphatic hydroxyl groups is 1. The number of anilines is 1. The Morgan fingerprint density at radius 3 is 2.77 bits per heavy atom. The summed E-state index contributed by atoms with van der Waals surface area (Å²) in [5.41, 5.74) is 1.15. The number of benzene rings is 1. The molecule has 0 bridgehead atoms. The van der Waals surface area contributed by atoms with Gasteiger partial charge in [-0.05, 0) is 37.5 Å². The van der Waals surface area contributed by atoms with Crippen LogP contribution in [0.4, 0.5) is 10.5 Å². The summed E-state index contributed by atoms with van der Waals surface area (Å²) in [4.78, 5) is 27.6. The predicted octanol–water partition coefficient (Wildman–Crippen LogP) is 1.81. The molecule has 0 radical (unpaired) electrons. The number of hydrogen-bond donors (Lipinski definition) is 1. The number of piperidine rings is 1. The lowest BCUT2D eigenvalue weighted by atomic mass is 10.00. The maximum atomic E-state index is 12.6. The predicted molar refractivity (Wildman–Crippen MR) is 79.5 cm³/mol. The van der Waals surface area contributed by atoms with Crippen LogP contribution < -0.4 is 4.90 Å². The van der Waals surface area contributed by atoms with E-state index in [-0.39, 0.29) is 5.02 Å². The molecule has 2 atom stereocenters. The molecule has 3 rings (SSSR count). The maximum Gasteiger partial charge on any atom is 0.332 e. The summed E-state index contributed by atoms with van der Waals surface area (Å²) >= 11 is 6.12. The van der Waals surface area contributed by atoms with E-state index in [1.165, 1.54) is 11.0 Å². The summed E-state index contributed by atoms with van der Waals surface area (Å²) < 4.78 is 0. The van der Waals surface area contributed by atoms with Gasteiger partial charge in [-0.3, -0.25) is 4.79 Å². The first-order valence-corrected chi connectivity index (χ1v) is 7.37. The van der Waals surface area contributed by atoms with Crippen LogP contribution in [0.2, 0.25) is 5.02 Å². The molecule has 2 aliphatic rings. The lowest BCUT2D eigenvalue weighted by molar-refractivity contribution is -0.124. The highest BCUT2D eigenvalue weighted by atomic mass is 35.5. The first-order valence-electron chi connectivity index (χ1n) is 6.99. The molecule has 7 heteroatoms. The van der Waals surface area contributed by atoms with Crippen molar-refractivity contribution in [1.29, 1.82) is 5.26 Å². The number of nitrogens with zero attached hydrogens (tertiary/aromatic N) is 3. The van der Waals surface area contributed by atoms with E-state index < -0.39 is 24.1 Å². The molecule has 2 aliphatic heterocycles. The third-order valence-electron chi connectivity index (χ3n) is 4.23. The minimum Gasteiger partial charge on any atom is -0.390 e. The highest BCUT2D eigenvalue weighted by Crippen LogP contribution is 2.35. The fourth-order valence-corrected chi connectivity index (χ4v) is 3.27. The molecular weight excluding hydrogens is 306 g/mol. The van der Waals surface area contributed by atoms with Crippen molar-refractivity contribution in [3.8, 4) is 6.07 Å². The van der Waals surface area contributed by atoms with Gasteiger partial charge in [-0.2, -0.15) is 5.26 Å². The second kappa shape index (κ2) is 5.27. The van der Waals surface area contributed by atoms with Gasteiger partial charge in [0.15, 0.2) is 0 Å². The lowest BCUT2D eigenvalue weighted by Gasteiger charge is -2.30. The molecule has 114 valence electrons. The Hall–Kier alpha value is -2.10. The molecule has 1 aromatic rings. The van der Waals surface area contributed by atoms with Crippen LogP contribution in [0, 0.1) is 18.3 Å². The molecule has 1 N–H and O–H groups in total. The van der Waals surface area contributed by atoms with Crippen molar-refractivity contribution < 1.29 is 14.7 Å².